The van der Waals surface area contributed by atoms with E-state index in [9.17, 15) is 0 Å². The lowest BCUT2D eigenvalue weighted by Crippen LogP contribution is -2.31. The maximum Gasteiger partial charge on any atom is 0.0922 e. The van der Waals surface area contributed by atoms with Crippen LogP contribution in [0.3, 0.4) is 0 Å². The highest BCUT2D eigenvalue weighted by Gasteiger charge is 2.22. The number of aromatic nitrogens is 2. The molecular weight excluding hydrogens is 164 g/mol. The predicted octanol–water partition coefficient (Wildman–Crippen LogP) is 0.505. The summed E-state index contributed by atoms with van der Waals surface area (Å²) in [5.41, 5.74) is 6.90. The maximum absolute atomic E-state index is 5.75. The highest BCUT2D eigenvalue weighted by Crippen LogP contribution is 2.21. The number of likely N-dealkylation sites (tertiary alicyclic amines) is 1. The second-order valence-electron chi connectivity index (χ2n) is 3.50. The van der Waals surface area contributed by atoms with Crippen LogP contribution in [0.5, 0.6) is 0 Å². The van der Waals surface area contributed by atoms with Crippen LogP contribution in [0.15, 0.2) is 12.5 Å². The molecule has 72 valence electrons. The van der Waals surface area contributed by atoms with Crippen molar-refractivity contribution < 1.29 is 0 Å². The molecule has 0 saturated carbocycles. The van der Waals surface area contributed by atoms with Gasteiger partial charge in [-0.25, -0.2) is 4.98 Å². The van der Waals surface area contributed by atoms with Gasteiger partial charge < -0.3 is 10.7 Å². The van der Waals surface area contributed by atoms with Crippen molar-refractivity contribution in [3.63, 3.8) is 0 Å². The summed E-state index contributed by atoms with van der Waals surface area (Å²) in [6.07, 6.45) is 6.18. The normalized spacial score (nSPS) is 20.7. The Hall–Kier alpha value is -0.870. The van der Waals surface area contributed by atoms with Gasteiger partial charge in [0.1, 0.15) is 0 Å². The summed E-state index contributed by atoms with van der Waals surface area (Å²) in [7, 11) is 0. The van der Waals surface area contributed by atoms with Gasteiger partial charge in [0.2, 0.25) is 0 Å². The molecule has 1 unspecified atom stereocenters. The van der Waals surface area contributed by atoms with Crippen LogP contribution in [0.1, 0.15) is 24.6 Å². The summed E-state index contributed by atoms with van der Waals surface area (Å²) < 4.78 is 0. The van der Waals surface area contributed by atoms with Crippen LogP contribution in [0.4, 0.5) is 0 Å². The molecule has 1 aromatic heterocycles. The monoisotopic (exact) mass is 180 g/mol. The summed E-state index contributed by atoms with van der Waals surface area (Å²) >= 11 is 0. The second-order valence-corrected chi connectivity index (χ2v) is 3.50. The fraction of sp³-hybridized carbons (Fsp3) is 0.667. The Bertz CT molecular complexity index is 238. The minimum Gasteiger partial charge on any atom is -0.347 e. The van der Waals surface area contributed by atoms with Crippen LogP contribution in [-0.2, 0) is 0 Å². The number of hydrogen-bond donors (Lipinski definition) is 2. The molecule has 1 atom stereocenters. The molecule has 4 heteroatoms. The van der Waals surface area contributed by atoms with E-state index in [1.54, 1.807) is 6.33 Å². The first-order valence-electron chi connectivity index (χ1n) is 4.84. The molecule has 0 radical (unpaired) electrons. The molecule has 1 aliphatic rings. The number of nitrogens with zero attached hydrogens (tertiary/aromatic N) is 2. The lowest BCUT2D eigenvalue weighted by molar-refractivity contribution is 0.247. The van der Waals surface area contributed by atoms with Crippen molar-refractivity contribution in [2.24, 2.45) is 5.73 Å². The quantitative estimate of drug-likeness (QED) is 0.712. The minimum absolute atomic E-state index is 0.338. The van der Waals surface area contributed by atoms with Gasteiger partial charge in [-0.2, -0.15) is 0 Å². The maximum atomic E-state index is 5.75. The molecule has 1 fully saturated rings. The molecule has 0 amide bonds. The highest BCUT2D eigenvalue weighted by molar-refractivity contribution is 5.04. The summed E-state index contributed by atoms with van der Waals surface area (Å²) in [6, 6.07) is 0.338. The fourth-order valence-electron chi connectivity index (χ4n) is 1.97. The van der Waals surface area contributed by atoms with Gasteiger partial charge in [0.25, 0.3) is 0 Å². The molecule has 1 aromatic rings. The number of aromatic amines is 1. The summed E-state index contributed by atoms with van der Waals surface area (Å²) in [5.74, 6) is 0. The summed E-state index contributed by atoms with van der Waals surface area (Å²) in [5, 5.41) is 0. The first-order valence-corrected chi connectivity index (χ1v) is 4.84. The third-order valence-electron chi connectivity index (χ3n) is 2.68. The molecule has 3 N–H and O–H groups in total. The molecule has 0 aliphatic carbocycles. The van der Waals surface area contributed by atoms with E-state index in [-0.39, 0.29) is 0 Å². The number of nitrogens with one attached hydrogen (secondary N) is 1. The van der Waals surface area contributed by atoms with Crippen molar-refractivity contribution in [1.29, 1.82) is 0 Å². The fourth-order valence-corrected chi connectivity index (χ4v) is 1.97. The Kier molecular flexibility index (Phi) is 2.61. The van der Waals surface area contributed by atoms with E-state index >= 15 is 0 Å². The first-order chi connectivity index (χ1) is 6.42. The zero-order chi connectivity index (χ0) is 9.10. The predicted molar refractivity (Wildman–Crippen MR) is 51.2 cm³/mol. The topological polar surface area (TPSA) is 57.9 Å². The number of nitrogens with two attached hydrogens (primary N) is 1. The van der Waals surface area contributed by atoms with Gasteiger partial charge in [0.15, 0.2) is 0 Å². The van der Waals surface area contributed by atoms with Crippen LogP contribution in [0.25, 0.3) is 0 Å². The van der Waals surface area contributed by atoms with Gasteiger partial charge in [-0.05, 0) is 25.9 Å². The average Bonchev–Trinajstić information content (AvgIpc) is 2.76. The Morgan fingerprint density at radius 3 is 2.85 bits per heavy atom. The standard InChI is InChI=1S/C9H16N4/c10-5-9(8-6-11-7-12-8)13-3-1-2-4-13/h6-7,9H,1-5,10H2,(H,11,12). The Labute approximate surface area is 78.1 Å². The van der Waals surface area contributed by atoms with E-state index in [2.05, 4.69) is 14.9 Å². The van der Waals surface area contributed by atoms with Gasteiger partial charge in [-0.1, -0.05) is 0 Å². The number of rotatable bonds is 3. The molecule has 13 heavy (non-hydrogen) atoms. The Balaban J connectivity index is 2.08. The smallest absolute Gasteiger partial charge is 0.0922 e. The van der Waals surface area contributed by atoms with Crippen molar-refractivity contribution in [2.45, 2.75) is 18.9 Å². The minimum atomic E-state index is 0.338. The number of hydrogen-bond acceptors (Lipinski definition) is 3. The van der Waals surface area contributed by atoms with Crippen molar-refractivity contribution in [3.05, 3.63) is 18.2 Å². The van der Waals surface area contributed by atoms with Gasteiger partial charge in [0.05, 0.1) is 18.1 Å². The van der Waals surface area contributed by atoms with E-state index in [1.165, 1.54) is 25.9 Å². The molecule has 4 nitrogen and oxygen atoms in total. The Morgan fingerprint density at radius 1 is 1.54 bits per heavy atom. The third kappa shape index (κ3) is 1.73. The zero-order valence-corrected chi connectivity index (χ0v) is 7.74. The summed E-state index contributed by atoms with van der Waals surface area (Å²) in [4.78, 5) is 9.58. The molecule has 0 aromatic carbocycles. The first kappa shape index (κ1) is 8.72. The van der Waals surface area contributed by atoms with E-state index in [1.807, 2.05) is 6.20 Å². The van der Waals surface area contributed by atoms with Crippen molar-refractivity contribution >= 4 is 0 Å². The summed E-state index contributed by atoms with van der Waals surface area (Å²) in [6.45, 7) is 3.00. The third-order valence-corrected chi connectivity index (χ3v) is 2.68. The van der Waals surface area contributed by atoms with Crippen LogP contribution in [0.2, 0.25) is 0 Å². The van der Waals surface area contributed by atoms with Crippen molar-refractivity contribution in [3.8, 4) is 0 Å². The molecule has 2 heterocycles. The number of H-pyrrole nitrogens is 1. The van der Waals surface area contributed by atoms with Crippen LogP contribution >= 0.6 is 0 Å². The van der Waals surface area contributed by atoms with Crippen LogP contribution in [0, 0.1) is 0 Å². The highest BCUT2D eigenvalue weighted by atomic mass is 15.2. The lowest BCUT2D eigenvalue weighted by atomic mass is 10.2. The SMILES string of the molecule is NCC(c1cnc[nH]1)N1CCCC1. The molecule has 0 bridgehead atoms. The lowest BCUT2D eigenvalue weighted by Gasteiger charge is -2.24. The molecule has 0 spiro atoms. The molecule has 1 saturated heterocycles. The van der Waals surface area contributed by atoms with E-state index in [0.717, 1.165) is 5.69 Å². The van der Waals surface area contributed by atoms with Crippen molar-refractivity contribution in [2.75, 3.05) is 19.6 Å². The zero-order valence-electron chi connectivity index (χ0n) is 7.74. The largest absolute Gasteiger partial charge is 0.347 e. The average molecular weight is 180 g/mol. The number of imidazole rings is 1. The second kappa shape index (κ2) is 3.89. The van der Waals surface area contributed by atoms with E-state index in [0.29, 0.717) is 12.6 Å². The van der Waals surface area contributed by atoms with Gasteiger partial charge in [-0.3, -0.25) is 4.90 Å². The van der Waals surface area contributed by atoms with Crippen LogP contribution < -0.4 is 5.73 Å². The van der Waals surface area contributed by atoms with Crippen molar-refractivity contribution in [1.82, 2.24) is 14.9 Å². The van der Waals surface area contributed by atoms with Gasteiger partial charge in [-0.15, -0.1) is 0 Å². The molecule has 2 rings (SSSR count). The van der Waals surface area contributed by atoms with Gasteiger partial charge in [0, 0.05) is 12.7 Å². The Morgan fingerprint density at radius 2 is 2.31 bits per heavy atom. The van der Waals surface area contributed by atoms with E-state index in [4.69, 9.17) is 5.73 Å². The molecule has 1 aliphatic heterocycles. The van der Waals surface area contributed by atoms with Gasteiger partial charge >= 0.3 is 0 Å². The van der Waals surface area contributed by atoms with E-state index < -0.39 is 0 Å². The molecular formula is C9H16N4. The van der Waals surface area contributed by atoms with Crippen LogP contribution in [-0.4, -0.2) is 34.5 Å².